The zero-order valence-electron chi connectivity index (χ0n) is 9.49. The van der Waals surface area contributed by atoms with Gasteiger partial charge >= 0.3 is 0 Å². The van der Waals surface area contributed by atoms with E-state index in [2.05, 4.69) is 22.1 Å². The van der Waals surface area contributed by atoms with E-state index >= 15 is 0 Å². The van der Waals surface area contributed by atoms with Crippen molar-refractivity contribution in [3.05, 3.63) is 17.8 Å². The topological polar surface area (TPSA) is 41.3 Å². The van der Waals surface area contributed by atoms with Crippen LogP contribution >= 0.6 is 0 Å². The second-order valence-corrected chi connectivity index (χ2v) is 3.99. The van der Waals surface area contributed by atoms with E-state index < -0.39 is 0 Å². The van der Waals surface area contributed by atoms with Crippen molar-refractivity contribution < 1.29 is 4.42 Å². The average molecular weight is 209 g/mol. The molecule has 84 valence electrons. The van der Waals surface area contributed by atoms with Crippen LogP contribution in [0.5, 0.6) is 0 Å². The number of oxazole rings is 1. The molecule has 1 N–H and O–H groups in total. The van der Waals surface area contributed by atoms with Crippen LogP contribution in [0.25, 0.3) is 0 Å². The first kappa shape index (κ1) is 10.6. The number of nitrogens with zero attached hydrogens (tertiary/aromatic N) is 2. The van der Waals surface area contributed by atoms with E-state index in [1.165, 1.54) is 19.4 Å². The average Bonchev–Trinajstić information content (AvgIpc) is 2.84. The summed E-state index contributed by atoms with van der Waals surface area (Å²) in [7, 11) is 1.92. The maximum Gasteiger partial charge on any atom is 0.211 e. The van der Waals surface area contributed by atoms with Crippen molar-refractivity contribution in [2.24, 2.45) is 0 Å². The Bertz CT molecular complexity index is 311. The van der Waals surface area contributed by atoms with Crippen molar-refractivity contribution >= 4 is 0 Å². The lowest BCUT2D eigenvalue weighted by molar-refractivity contribution is 0.233. The third-order valence-corrected chi connectivity index (χ3v) is 2.98. The lowest BCUT2D eigenvalue weighted by atomic mass is 10.2. The number of nitrogens with one attached hydrogen (secondary N) is 1. The van der Waals surface area contributed by atoms with Gasteiger partial charge in [-0.15, -0.1) is 0 Å². The molecule has 4 heteroatoms. The van der Waals surface area contributed by atoms with Gasteiger partial charge in [0.25, 0.3) is 0 Å². The highest BCUT2D eigenvalue weighted by Gasteiger charge is 2.28. The van der Waals surface area contributed by atoms with Gasteiger partial charge < -0.3 is 9.73 Å². The van der Waals surface area contributed by atoms with Crippen molar-refractivity contribution in [1.29, 1.82) is 0 Å². The third-order valence-electron chi connectivity index (χ3n) is 2.98. The quantitative estimate of drug-likeness (QED) is 0.817. The minimum atomic E-state index is 0.403. The van der Waals surface area contributed by atoms with Crippen molar-refractivity contribution in [1.82, 2.24) is 15.2 Å². The molecule has 1 aromatic heterocycles. The Labute approximate surface area is 90.7 Å². The van der Waals surface area contributed by atoms with E-state index in [0.717, 1.165) is 24.7 Å². The van der Waals surface area contributed by atoms with E-state index in [4.69, 9.17) is 4.42 Å². The summed E-state index contributed by atoms with van der Waals surface area (Å²) in [4.78, 5) is 6.93. The number of likely N-dealkylation sites (tertiary alicyclic amines) is 1. The molecule has 4 nitrogen and oxygen atoms in total. The van der Waals surface area contributed by atoms with E-state index in [1.807, 2.05) is 7.05 Å². The largest absolute Gasteiger partial charge is 0.447 e. The lowest BCUT2D eigenvalue weighted by Gasteiger charge is -2.19. The Morgan fingerprint density at radius 3 is 3.27 bits per heavy atom. The zero-order chi connectivity index (χ0) is 10.7. The Balaban J connectivity index is 2.07. The molecule has 0 bridgehead atoms. The lowest BCUT2D eigenvalue weighted by Crippen LogP contribution is -2.22. The fourth-order valence-electron chi connectivity index (χ4n) is 2.22. The highest BCUT2D eigenvalue weighted by Crippen LogP contribution is 2.30. The van der Waals surface area contributed by atoms with Crippen molar-refractivity contribution in [3.8, 4) is 0 Å². The van der Waals surface area contributed by atoms with Gasteiger partial charge in [-0.3, -0.25) is 4.90 Å². The summed E-state index contributed by atoms with van der Waals surface area (Å²) in [6.07, 6.45) is 4.19. The molecule has 2 rings (SSSR count). The molecule has 2 heterocycles. The molecule has 0 aliphatic carbocycles. The van der Waals surface area contributed by atoms with E-state index in [9.17, 15) is 0 Å². The molecule has 0 amide bonds. The summed E-state index contributed by atoms with van der Waals surface area (Å²) >= 11 is 0. The molecule has 0 spiro atoms. The first-order chi connectivity index (χ1) is 7.35. The summed E-state index contributed by atoms with van der Waals surface area (Å²) in [6, 6.07) is 0.403. The second kappa shape index (κ2) is 4.77. The Kier molecular flexibility index (Phi) is 3.38. The number of hydrogen-bond donors (Lipinski definition) is 1. The van der Waals surface area contributed by atoms with E-state index in [1.54, 1.807) is 6.26 Å². The summed E-state index contributed by atoms with van der Waals surface area (Å²) in [5.41, 5.74) is 0.996. The van der Waals surface area contributed by atoms with Gasteiger partial charge in [-0.1, -0.05) is 6.92 Å². The Morgan fingerprint density at radius 2 is 2.53 bits per heavy atom. The van der Waals surface area contributed by atoms with Crippen LogP contribution in [-0.2, 0) is 6.54 Å². The maximum absolute atomic E-state index is 5.54. The predicted octanol–water partition coefficient (Wildman–Crippen LogP) is 1.55. The number of rotatable bonds is 4. The monoisotopic (exact) mass is 209 g/mol. The molecule has 15 heavy (non-hydrogen) atoms. The molecule has 1 aliphatic heterocycles. The Hall–Kier alpha value is -0.870. The summed E-state index contributed by atoms with van der Waals surface area (Å²) in [5.74, 6) is 0.889. The van der Waals surface area contributed by atoms with Gasteiger partial charge in [0, 0.05) is 6.54 Å². The molecule has 1 saturated heterocycles. The fraction of sp³-hybridized carbons (Fsp3) is 0.727. The van der Waals surface area contributed by atoms with Crippen LogP contribution < -0.4 is 5.32 Å². The van der Waals surface area contributed by atoms with Gasteiger partial charge in [0.05, 0.1) is 11.7 Å². The number of hydrogen-bond acceptors (Lipinski definition) is 4. The maximum atomic E-state index is 5.54. The molecule has 0 saturated carbocycles. The van der Waals surface area contributed by atoms with Crippen LogP contribution in [0.3, 0.4) is 0 Å². The molecule has 1 atom stereocenters. The van der Waals surface area contributed by atoms with Gasteiger partial charge in [0.15, 0.2) is 0 Å². The molecule has 0 radical (unpaired) electrons. The Morgan fingerprint density at radius 1 is 1.67 bits per heavy atom. The molecule has 1 aromatic rings. The smallest absolute Gasteiger partial charge is 0.211 e. The minimum Gasteiger partial charge on any atom is -0.447 e. The molecule has 0 aromatic carbocycles. The van der Waals surface area contributed by atoms with Gasteiger partial charge in [0.2, 0.25) is 5.89 Å². The van der Waals surface area contributed by atoms with Gasteiger partial charge in [-0.25, -0.2) is 4.98 Å². The molecule has 1 unspecified atom stereocenters. The minimum absolute atomic E-state index is 0.403. The number of aromatic nitrogens is 1. The van der Waals surface area contributed by atoms with Crippen LogP contribution in [0, 0.1) is 0 Å². The van der Waals surface area contributed by atoms with Crippen molar-refractivity contribution in [2.45, 2.75) is 32.4 Å². The van der Waals surface area contributed by atoms with Gasteiger partial charge in [0.1, 0.15) is 6.26 Å². The first-order valence-electron chi connectivity index (χ1n) is 5.68. The highest BCUT2D eigenvalue weighted by atomic mass is 16.3. The van der Waals surface area contributed by atoms with Crippen LogP contribution in [0.1, 0.15) is 37.4 Å². The SMILES string of the molecule is CCN1CCCC1c1nc(CNC)co1. The van der Waals surface area contributed by atoms with E-state index in [0.29, 0.717) is 6.04 Å². The molecule has 1 aliphatic rings. The van der Waals surface area contributed by atoms with Crippen LogP contribution in [-0.4, -0.2) is 30.0 Å². The summed E-state index contributed by atoms with van der Waals surface area (Å²) < 4.78 is 5.54. The fourth-order valence-corrected chi connectivity index (χ4v) is 2.22. The standard InChI is InChI=1S/C11H19N3O/c1-3-14-6-4-5-10(14)11-13-9(7-12-2)8-15-11/h8,10,12H,3-7H2,1-2H3. The summed E-state index contributed by atoms with van der Waals surface area (Å²) in [6.45, 7) is 5.22. The van der Waals surface area contributed by atoms with Crippen molar-refractivity contribution in [3.63, 3.8) is 0 Å². The molecule has 1 fully saturated rings. The van der Waals surface area contributed by atoms with Crippen LogP contribution in [0.4, 0.5) is 0 Å². The van der Waals surface area contributed by atoms with Gasteiger partial charge in [-0.05, 0) is 33.0 Å². The predicted molar refractivity (Wildman–Crippen MR) is 58.5 cm³/mol. The second-order valence-electron chi connectivity index (χ2n) is 3.99. The normalized spacial score (nSPS) is 22.4. The van der Waals surface area contributed by atoms with Gasteiger partial charge in [-0.2, -0.15) is 0 Å². The molecular weight excluding hydrogens is 190 g/mol. The highest BCUT2D eigenvalue weighted by molar-refractivity contribution is 5.02. The first-order valence-corrected chi connectivity index (χ1v) is 5.68. The summed E-state index contributed by atoms with van der Waals surface area (Å²) in [5, 5.41) is 3.08. The zero-order valence-corrected chi connectivity index (χ0v) is 9.49. The van der Waals surface area contributed by atoms with Crippen LogP contribution in [0.15, 0.2) is 10.7 Å². The van der Waals surface area contributed by atoms with E-state index in [-0.39, 0.29) is 0 Å². The van der Waals surface area contributed by atoms with Crippen molar-refractivity contribution in [2.75, 3.05) is 20.1 Å². The third kappa shape index (κ3) is 2.21. The molecular formula is C11H19N3O. The van der Waals surface area contributed by atoms with Crippen LogP contribution in [0.2, 0.25) is 0 Å².